The molecule has 0 aromatic carbocycles. The second kappa shape index (κ2) is 6.14. The number of nitrogens with two attached hydrogens (primary N) is 1. The van der Waals surface area contributed by atoms with Crippen molar-refractivity contribution in [3.63, 3.8) is 0 Å². The van der Waals surface area contributed by atoms with Crippen LogP contribution in [0.3, 0.4) is 0 Å². The van der Waals surface area contributed by atoms with Gasteiger partial charge in [0.05, 0.1) is 3.79 Å². The van der Waals surface area contributed by atoms with Gasteiger partial charge < -0.3 is 5.73 Å². The van der Waals surface area contributed by atoms with E-state index in [0.29, 0.717) is 0 Å². The van der Waals surface area contributed by atoms with E-state index >= 15 is 0 Å². The van der Waals surface area contributed by atoms with Crippen molar-refractivity contribution >= 4 is 49.1 Å². The van der Waals surface area contributed by atoms with E-state index in [4.69, 9.17) is 5.73 Å². The molecule has 1 rings (SSSR count). The molecule has 2 atom stereocenters. The van der Waals surface area contributed by atoms with Crippen LogP contribution >= 0.6 is 43.2 Å². The van der Waals surface area contributed by atoms with Gasteiger partial charge in [-0.25, -0.2) is 0 Å². The van der Waals surface area contributed by atoms with E-state index in [1.165, 1.54) is 11.3 Å². The summed E-state index contributed by atoms with van der Waals surface area (Å²) in [5.74, 6) is -0.346. The van der Waals surface area contributed by atoms with Crippen LogP contribution < -0.4 is 11.1 Å². The molecule has 0 aliphatic heterocycles. The van der Waals surface area contributed by atoms with Crippen LogP contribution in [0.25, 0.3) is 0 Å². The molecule has 0 saturated heterocycles. The molecular weight excluding hydrogens is 356 g/mol. The van der Waals surface area contributed by atoms with Crippen molar-refractivity contribution in [3.05, 3.63) is 19.2 Å². The smallest absolute Gasteiger partial charge is 0.240 e. The third kappa shape index (κ3) is 3.55. The predicted octanol–water partition coefficient (Wildman–Crippen LogP) is 3.19. The molecule has 0 radical (unpaired) electrons. The lowest BCUT2D eigenvalue weighted by atomic mass is 10.1. The number of carbonyl (C=O) groups excluding carboxylic acids is 1. The van der Waals surface area contributed by atoms with Gasteiger partial charge in [0, 0.05) is 15.4 Å². The summed E-state index contributed by atoms with van der Waals surface area (Å²) in [6, 6.07) is 1.76. The molecule has 0 aliphatic rings. The average molecular weight is 370 g/mol. The lowest BCUT2D eigenvalue weighted by Crippen LogP contribution is -2.38. The van der Waals surface area contributed by atoms with Crippen molar-refractivity contribution in [2.75, 3.05) is 0 Å². The molecule has 90 valence electrons. The fourth-order valence-corrected chi connectivity index (χ4v) is 3.37. The zero-order valence-corrected chi connectivity index (χ0v) is 13.1. The Morgan fingerprint density at radius 2 is 2.25 bits per heavy atom. The first-order valence-electron chi connectivity index (χ1n) is 4.95. The zero-order valence-electron chi connectivity index (χ0n) is 9.09. The quantitative estimate of drug-likeness (QED) is 0.837. The third-order valence-corrected chi connectivity index (χ3v) is 5.62. The van der Waals surface area contributed by atoms with Crippen LogP contribution in [0.5, 0.6) is 0 Å². The molecule has 6 heteroatoms. The van der Waals surface area contributed by atoms with Crippen molar-refractivity contribution < 1.29 is 4.79 Å². The highest BCUT2D eigenvalue weighted by atomic mass is 79.9. The lowest BCUT2D eigenvalue weighted by Gasteiger charge is -2.18. The molecule has 0 fully saturated rings. The Hall–Kier alpha value is 0.0900. The van der Waals surface area contributed by atoms with Gasteiger partial charge in [0.15, 0.2) is 0 Å². The number of nitrogens with one attached hydrogen (secondary N) is 1. The molecule has 1 heterocycles. The van der Waals surface area contributed by atoms with Gasteiger partial charge in [-0.15, -0.1) is 11.3 Å². The van der Waals surface area contributed by atoms with Gasteiger partial charge in [-0.2, -0.15) is 0 Å². The Morgan fingerprint density at radius 1 is 1.62 bits per heavy atom. The Kier molecular flexibility index (Phi) is 5.43. The Balaban J connectivity index is 2.89. The second-order valence-corrected chi connectivity index (χ2v) is 6.84. The third-order valence-electron chi connectivity index (χ3n) is 2.30. The minimum atomic E-state index is -0.414. The highest BCUT2D eigenvalue weighted by Crippen LogP contribution is 2.35. The van der Waals surface area contributed by atoms with Gasteiger partial charge in [0.1, 0.15) is 6.04 Å². The molecule has 16 heavy (non-hydrogen) atoms. The molecule has 2 unspecified atom stereocenters. The van der Waals surface area contributed by atoms with E-state index in [0.717, 1.165) is 19.6 Å². The van der Waals surface area contributed by atoms with E-state index in [-0.39, 0.29) is 11.9 Å². The van der Waals surface area contributed by atoms with Crippen molar-refractivity contribution in [3.8, 4) is 0 Å². The van der Waals surface area contributed by atoms with Crippen molar-refractivity contribution in [2.24, 2.45) is 5.73 Å². The van der Waals surface area contributed by atoms with Crippen LogP contribution in [-0.2, 0) is 4.79 Å². The minimum Gasteiger partial charge on any atom is -0.368 e. The number of hydrogen-bond donors (Lipinski definition) is 2. The normalized spacial score (nSPS) is 14.8. The zero-order chi connectivity index (χ0) is 12.3. The van der Waals surface area contributed by atoms with Crippen LogP contribution in [0.2, 0.25) is 0 Å². The van der Waals surface area contributed by atoms with E-state index in [1.54, 1.807) is 0 Å². The first-order chi connectivity index (χ1) is 7.45. The highest BCUT2D eigenvalue weighted by Gasteiger charge is 2.22. The van der Waals surface area contributed by atoms with Crippen molar-refractivity contribution in [1.82, 2.24) is 5.32 Å². The van der Waals surface area contributed by atoms with Gasteiger partial charge in [-0.1, -0.05) is 6.92 Å². The van der Waals surface area contributed by atoms with Crippen molar-refractivity contribution in [1.29, 1.82) is 0 Å². The first kappa shape index (κ1) is 14.2. The summed E-state index contributed by atoms with van der Waals surface area (Å²) in [5, 5.41) is 3.22. The van der Waals surface area contributed by atoms with Crippen molar-refractivity contribution in [2.45, 2.75) is 32.4 Å². The van der Waals surface area contributed by atoms with Crippen LogP contribution in [0, 0.1) is 0 Å². The Labute approximate surface area is 116 Å². The number of primary amides is 1. The topological polar surface area (TPSA) is 55.1 Å². The van der Waals surface area contributed by atoms with E-state index in [9.17, 15) is 4.79 Å². The molecule has 0 spiro atoms. The highest BCUT2D eigenvalue weighted by molar-refractivity contribution is 9.13. The number of hydrogen-bond acceptors (Lipinski definition) is 3. The summed E-state index contributed by atoms with van der Waals surface area (Å²) in [6.45, 7) is 4.10. The van der Waals surface area contributed by atoms with E-state index < -0.39 is 6.04 Å². The molecule has 0 saturated carbocycles. The molecule has 0 bridgehead atoms. The second-order valence-electron chi connectivity index (χ2n) is 3.58. The summed E-state index contributed by atoms with van der Waals surface area (Å²) < 4.78 is 1.92. The van der Waals surface area contributed by atoms with Gasteiger partial charge in [-0.3, -0.25) is 10.1 Å². The average Bonchev–Trinajstić information content (AvgIpc) is 2.54. The standard InChI is InChI=1S/C10H14Br2N2OS/c1-3-5(2)14-8(10(13)15)7-4-6(11)9(12)16-7/h4-5,8,14H,3H2,1-2H3,(H2,13,15). The maximum atomic E-state index is 11.4. The fourth-order valence-electron chi connectivity index (χ4n) is 1.21. The van der Waals surface area contributed by atoms with E-state index in [2.05, 4.69) is 44.1 Å². The number of halogens is 2. The van der Waals surface area contributed by atoms with Crippen LogP contribution in [0.15, 0.2) is 14.3 Å². The first-order valence-corrected chi connectivity index (χ1v) is 7.36. The van der Waals surface area contributed by atoms with Crippen LogP contribution in [0.4, 0.5) is 0 Å². The molecule has 1 amide bonds. The minimum absolute atomic E-state index is 0.261. The summed E-state index contributed by atoms with van der Waals surface area (Å²) in [4.78, 5) is 12.3. The van der Waals surface area contributed by atoms with Gasteiger partial charge in [0.25, 0.3) is 0 Å². The Morgan fingerprint density at radius 3 is 2.62 bits per heavy atom. The number of amides is 1. The van der Waals surface area contributed by atoms with E-state index in [1.807, 2.05) is 13.0 Å². The molecule has 1 aromatic heterocycles. The maximum absolute atomic E-state index is 11.4. The predicted molar refractivity (Wildman–Crippen MR) is 74.5 cm³/mol. The van der Waals surface area contributed by atoms with Crippen LogP contribution in [-0.4, -0.2) is 11.9 Å². The SMILES string of the molecule is CCC(C)NC(C(N)=O)c1cc(Br)c(Br)s1. The van der Waals surface area contributed by atoms with Gasteiger partial charge in [-0.05, 0) is 51.3 Å². The monoisotopic (exact) mass is 368 g/mol. The maximum Gasteiger partial charge on any atom is 0.240 e. The fraction of sp³-hybridized carbons (Fsp3) is 0.500. The summed E-state index contributed by atoms with van der Waals surface area (Å²) in [5.41, 5.74) is 5.41. The van der Waals surface area contributed by atoms with Gasteiger partial charge >= 0.3 is 0 Å². The lowest BCUT2D eigenvalue weighted by molar-refractivity contribution is -0.120. The summed E-state index contributed by atoms with van der Waals surface area (Å²) in [6.07, 6.45) is 0.956. The van der Waals surface area contributed by atoms with Crippen LogP contribution in [0.1, 0.15) is 31.2 Å². The molecule has 3 nitrogen and oxygen atoms in total. The largest absolute Gasteiger partial charge is 0.368 e. The number of carbonyl (C=O) groups is 1. The number of rotatable bonds is 5. The molecular formula is C10H14Br2N2OS. The molecule has 3 N–H and O–H groups in total. The summed E-state index contributed by atoms with van der Waals surface area (Å²) in [7, 11) is 0. The molecule has 0 aliphatic carbocycles. The number of thiophene rings is 1. The van der Waals surface area contributed by atoms with Gasteiger partial charge in [0.2, 0.25) is 5.91 Å². The Bertz CT molecular complexity index is 361. The molecule has 1 aromatic rings. The summed E-state index contributed by atoms with van der Waals surface area (Å²) >= 11 is 8.32.